The molecular formula is C19H27ClN2O3S. The van der Waals surface area contributed by atoms with Crippen LogP contribution >= 0.6 is 11.6 Å². The minimum Gasteiger partial charge on any atom is -0.339 e. The summed E-state index contributed by atoms with van der Waals surface area (Å²) < 4.78 is 27.1. The van der Waals surface area contributed by atoms with Gasteiger partial charge >= 0.3 is 0 Å². The Morgan fingerprint density at radius 2 is 1.69 bits per heavy atom. The van der Waals surface area contributed by atoms with Gasteiger partial charge < -0.3 is 4.90 Å². The minimum absolute atomic E-state index is 0.154. The van der Waals surface area contributed by atoms with Gasteiger partial charge in [0, 0.05) is 26.2 Å². The molecule has 5 nitrogen and oxygen atoms in total. The first-order chi connectivity index (χ1) is 12.4. The molecule has 0 atom stereocenters. The van der Waals surface area contributed by atoms with E-state index in [4.69, 9.17) is 11.6 Å². The average Bonchev–Trinajstić information content (AvgIpc) is 3.05. The molecule has 1 saturated heterocycles. The van der Waals surface area contributed by atoms with Gasteiger partial charge in [-0.2, -0.15) is 4.31 Å². The molecular weight excluding hydrogens is 372 g/mol. The molecule has 1 aromatic carbocycles. The maximum absolute atomic E-state index is 13.0. The third-order valence-electron chi connectivity index (χ3n) is 5.56. The molecule has 1 heterocycles. The largest absolute Gasteiger partial charge is 0.339 e. The highest BCUT2D eigenvalue weighted by Crippen LogP contribution is 2.28. The number of sulfonamides is 1. The molecule has 1 amide bonds. The number of rotatable bonds is 4. The van der Waals surface area contributed by atoms with Crippen LogP contribution < -0.4 is 0 Å². The van der Waals surface area contributed by atoms with Crippen molar-refractivity contribution in [3.8, 4) is 0 Å². The van der Waals surface area contributed by atoms with Crippen molar-refractivity contribution in [1.29, 1.82) is 0 Å². The quantitative estimate of drug-likeness (QED) is 0.722. The van der Waals surface area contributed by atoms with E-state index in [9.17, 15) is 13.2 Å². The van der Waals surface area contributed by atoms with Crippen LogP contribution in [0.5, 0.6) is 0 Å². The second-order valence-electron chi connectivity index (χ2n) is 7.31. The Kier molecular flexibility index (Phi) is 6.25. The van der Waals surface area contributed by atoms with Gasteiger partial charge in [-0.25, -0.2) is 8.42 Å². The Labute approximate surface area is 161 Å². The van der Waals surface area contributed by atoms with Crippen molar-refractivity contribution in [2.45, 2.75) is 62.3 Å². The number of nitrogens with zero attached hydrogens (tertiary/aromatic N) is 2. The highest BCUT2D eigenvalue weighted by atomic mass is 35.5. The van der Waals surface area contributed by atoms with Crippen molar-refractivity contribution in [3.63, 3.8) is 0 Å². The van der Waals surface area contributed by atoms with Crippen molar-refractivity contribution >= 4 is 27.5 Å². The SMILES string of the molecule is CN(C(=O)c1cc(S(=O)(=O)N2CCCC2)ccc1Cl)C1CCCCCC1. The van der Waals surface area contributed by atoms with Crippen LogP contribution in [0.1, 0.15) is 61.7 Å². The number of hydrogen-bond donors (Lipinski definition) is 0. The Balaban J connectivity index is 1.86. The summed E-state index contributed by atoms with van der Waals surface area (Å²) in [4.78, 5) is 14.9. The lowest BCUT2D eigenvalue weighted by molar-refractivity contribution is 0.0717. The van der Waals surface area contributed by atoms with Crippen molar-refractivity contribution < 1.29 is 13.2 Å². The Morgan fingerprint density at radius 3 is 2.31 bits per heavy atom. The number of carbonyl (C=O) groups excluding carboxylic acids is 1. The van der Waals surface area contributed by atoms with Crippen molar-refractivity contribution in [1.82, 2.24) is 9.21 Å². The Hall–Kier alpha value is -1.11. The highest BCUT2D eigenvalue weighted by Gasteiger charge is 2.29. The van der Waals surface area contributed by atoms with Crippen molar-refractivity contribution in [3.05, 3.63) is 28.8 Å². The monoisotopic (exact) mass is 398 g/mol. The maximum Gasteiger partial charge on any atom is 0.255 e. The van der Waals surface area contributed by atoms with Gasteiger partial charge in [0.25, 0.3) is 5.91 Å². The van der Waals surface area contributed by atoms with Crippen LogP contribution in [-0.4, -0.2) is 49.7 Å². The van der Waals surface area contributed by atoms with Gasteiger partial charge in [-0.15, -0.1) is 0 Å². The maximum atomic E-state index is 13.0. The lowest BCUT2D eigenvalue weighted by atomic mass is 10.1. The van der Waals surface area contributed by atoms with Gasteiger partial charge in [-0.05, 0) is 43.9 Å². The second kappa shape index (κ2) is 8.28. The van der Waals surface area contributed by atoms with Gasteiger partial charge in [0.05, 0.1) is 15.5 Å². The summed E-state index contributed by atoms with van der Waals surface area (Å²) >= 11 is 6.26. The lowest BCUT2D eigenvalue weighted by Crippen LogP contribution is -2.37. The van der Waals surface area contributed by atoms with Gasteiger partial charge in [0.15, 0.2) is 0 Å². The molecule has 3 rings (SSSR count). The van der Waals surface area contributed by atoms with E-state index >= 15 is 0 Å². The average molecular weight is 399 g/mol. The summed E-state index contributed by atoms with van der Waals surface area (Å²) in [6.07, 6.45) is 8.41. The predicted octanol–water partition coefficient (Wildman–Crippen LogP) is 3.92. The van der Waals surface area contributed by atoms with Gasteiger partial charge in [0.1, 0.15) is 0 Å². The zero-order valence-electron chi connectivity index (χ0n) is 15.3. The zero-order chi connectivity index (χ0) is 18.7. The lowest BCUT2D eigenvalue weighted by Gasteiger charge is -2.28. The number of halogens is 1. The molecule has 1 saturated carbocycles. The molecule has 0 aromatic heterocycles. The van der Waals surface area contributed by atoms with Crippen LogP contribution in [0.15, 0.2) is 23.1 Å². The molecule has 1 aromatic rings. The fourth-order valence-electron chi connectivity index (χ4n) is 3.91. The molecule has 0 N–H and O–H groups in total. The van der Waals surface area contributed by atoms with E-state index in [1.54, 1.807) is 11.9 Å². The van der Waals surface area contributed by atoms with E-state index in [0.717, 1.165) is 38.5 Å². The number of carbonyl (C=O) groups is 1. The topological polar surface area (TPSA) is 57.7 Å². The van der Waals surface area contributed by atoms with Gasteiger partial charge in [-0.3, -0.25) is 4.79 Å². The fourth-order valence-corrected chi connectivity index (χ4v) is 5.65. The zero-order valence-corrected chi connectivity index (χ0v) is 16.9. The second-order valence-corrected chi connectivity index (χ2v) is 9.66. The predicted molar refractivity (Wildman–Crippen MR) is 103 cm³/mol. The number of hydrogen-bond acceptors (Lipinski definition) is 3. The summed E-state index contributed by atoms with van der Waals surface area (Å²) in [6.45, 7) is 1.08. The molecule has 2 aliphatic rings. The van der Waals surface area contributed by atoms with Crippen LogP contribution in [0.2, 0.25) is 5.02 Å². The first-order valence-electron chi connectivity index (χ1n) is 9.48. The molecule has 7 heteroatoms. The molecule has 0 spiro atoms. The molecule has 1 aliphatic carbocycles. The van der Waals surface area contributed by atoms with E-state index in [1.807, 2.05) is 0 Å². The fraction of sp³-hybridized carbons (Fsp3) is 0.632. The third kappa shape index (κ3) is 4.07. The number of benzene rings is 1. The summed E-state index contributed by atoms with van der Waals surface area (Å²) in [5.41, 5.74) is 0.277. The van der Waals surface area contributed by atoms with Crippen molar-refractivity contribution in [2.24, 2.45) is 0 Å². The summed E-state index contributed by atoms with van der Waals surface area (Å²) in [5, 5.41) is 0.302. The first kappa shape index (κ1) is 19.6. The summed E-state index contributed by atoms with van der Waals surface area (Å²) in [7, 11) is -1.76. The molecule has 1 aliphatic heterocycles. The van der Waals surface area contributed by atoms with Crippen LogP contribution in [0.4, 0.5) is 0 Å². The Bertz CT molecular complexity index is 752. The van der Waals surface area contributed by atoms with E-state index in [-0.39, 0.29) is 22.4 Å². The van der Waals surface area contributed by atoms with E-state index in [2.05, 4.69) is 0 Å². The third-order valence-corrected chi connectivity index (χ3v) is 7.79. The molecule has 0 bridgehead atoms. The van der Waals surface area contributed by atoms with Gasteiger partial charge in [0.2, 0.25) is 10.0 Å². The summed E-state index contributed by atoms with van der Waals surface area (Å²) in [6, 6.07) is 4.67. The van der Waals surface area contributed by atoms with Gasteiger partial charge in [-0.1, -0.05) is 37.3 Å². The van der Waals surface area contributed by atoms with Crippen LogP contribution in [0.3, 0.4) is 0 Å². The smallest absolute Gasteiger partial charge is 0.255 e. The highest BCUT2D eigenvalue weighted by molar-refractivity contribution is 7.89. The molecule has 26 heavy (non-hydrogen) atoms. The van der Waals surface area contributed by atoms with Crippen molar-refractivity contribution in [2.75, 3.05) is 20.1 Å². The first-order valence-corrected chi connectivity index (χ1v) is 11.3. The standard InChI is InChI=1S/C19H27ClN2O3S/c1-21(15-8-4-2-3-5-9-15)19(23)17-14-16(10-11-18(17)20)26(24,25)22-12-6-7-13-22/h10-11,14-15H,2-9,12-13H2,1H3. The Morgan fingerprint density at radius 1 is 1.08 bits per heavy atom. The van der Waals surface area contributed by atoms with E-state index in [1.165, 1.54) is 35.3 Å². The number of amides is 1. The summed E-state index contributed by atoms with van der Waals surface area (Å²) in [5.74, 6) is -0.194. The molecule has 2 fully saturated rings. The van der Waals surface area contributed by atoms with Crippen LogP contribution in [0.25, 0.3) is 0 Å². The van der Waals surface area contributed by atoms with Crippen LogP contribution in [-0.2, 0) is 10.0 Å². The van der Waals surface area contributed by atoms with E-state index < -0.39 is 10.0 Å². The van der Waals surface area contributed by atoms with E-state index in [0.29, 0.717) is 18.1 Å². The minimum atomic E-state index is -3.56. The molecule has 144 valence electrons. The normalized spacial score (nSPS) is 20.1. The van der Waals surface area contributed by atoms with Crippen LogP contribution in [0, 0.1) is 0 Å². The molecule has 0 radical (unpaired) electrons. The molecule has 0 unspecified atom stereocenters.